The summed E-state index contributed by atoms with van der Waals surface area (Å²) in [5, 5.41) is 9.69. The standard InChI is InChI=1S/C8H13N3O3/c1-3-4-5-13-7(12)6-10-11-8(9-2)14-6/h3-5H2,1-2H3,(H,9,11). The fraction of sp³-hybridized carbons (Fsp3) is 0.625. The van der Waals surface area contributed by atoms with Crippen LogP contribution in [0.2, 0.25) is 0 Å². The Bertz CT molecular complexity index is 298. The van der Waals surface area contributed by atoms with Crippen LogP contribution in [0.5, 0.6) is 0 Å². The molecule has 14 heavy (non-hydrogen) atoms. The number of esters is 1. The largest absolute Gasteiger partial charge is 0.459 e. The Labute approximate surface area is 81.6 Å². The van der Waals surface area contributed by atoms with Gasteiger partial charge in [-0.25, -0.2) is 4.79 Å². The van der Waals surface area contributed by atoms with E-state index in [0.717, 1.165) is 12.8 Å². The van der Waals surface area contributed by atoms with Crippen LogP contribution in [-0.4, -0.2) is 29.8 Å². The molecule has 1 rings (SSSR count). The molecule has 0 radical (unpaired) electrons. The summed E-state index contributed by atoms with van der Waals surface area (Å²) in [6.07, 6.45) is 1.80. The summed E-state index contributed by atoms with van der Waals surface area (Å²) in [7, 11) is 1.62. The molecular formula is C8H13N3O3. The molecule has 0 aromatic carbocycles. The molecule has 0 aliphatic rings. The highest BCUT2D eigenvalue weighted by Gasteiger charge is 2.15. The second-order valence-corrected chi connectivity index (χ2v) is 2.65. The zero-order valence-electron chi connectivity index (χ0n) is 8.24. The third-order valence-electron chi connectivity index (χ3n) is 1.54. The van der Waals surface area contributed by atoms with Crippen molar-refractivity contribution in [3.8, 4) is 0 Å². The summed E-state index contributed by atoms with van der Waals surface area (Å²) in [4.78, 5) is 11.2. The van der Waals surface area contributed by atoms with Gasteiger partial charge in [0.2, 0.25) is 0 Å². The molecule has 0 unspecified atom stereocenters. The lowest BCUT2D eigenvalue weighted by atomic mass is 10.4. The van der Waals surface area contributed by atoms with E-state index >= 15 is 0 Å². The van der Waals surface area contributed by atoms with Gasteiger partial charge in [-0.05, 0) is 6.42 Å². The number of hydrogen-bond donors (Lipinski definition) is 1. The number of carbonyl (C=O) groups is 1. The number of carbonyl (C=O) groups excluding carboxylic acids is 1. The number of anilines is 1. The fourth-order valence-electron chi connectivity index (χ4n) is 0.778. The number of aromatic nitrogens is 2. The molecule has 1 N–H and O–H groups in total. The lowest BCUT2D eigenvalue weighted by Gasteiger charge is -1.98. The average Bonchev–Trinajstić information content (AvgIpc) is 2.66. The van der Waals surface area contributed by atoms with Crippen molar-refractivity contribution in [2.75, 3.05) is 19.0 Å². The first kappa shape index (κ1) is 10.5. The van der Waals surface area contributed by atoms with Crippen LogP contribution in [0, 0.1) is 0 Å². The second kappa shape index (κ2) is 5.21. The predicted molar refractivity (Wildman–Crippen MR) is 49.0 cm³/mol. The van der Waals surface area contributed by atoms with Crippen LogP contribution in [0.1, 0.15) is 30.5 Å². The van der Waals surface area contributed by atoms with E-state index in [-0.39, 0.29) is 11.9 Å². The lowest BCUT2D eigenvalue weighted by molar-refractivity contribution is 0.0455. The maximum Gasteiger partial charge on any atom is 0.396 e. The quantitative estimate of drug-likeness (QED) is 0.564. The summed E-state index contributed by atoms with van der Waals surface area (Å²) < 4.78 is 9.78. The minimum atomic E-state index is -0.576. The number of unbranched alkanes of at least 4 members (excludes halogenated alkanes) is 1. The number of nitrogens with one attached hydrogen (secondary N) is 1. The summed E-state index contributed by atoms with van der Waals surface area (Å²) in [6, 6.07) is 0.201. The normalized spacial score (nSPS) is 9.86. The molecule has 78 valence electrons. The maximum atomic E-state index is 11.2. The smallest absolute Gasteiger partial charge is 0.396 e. The summed E-state index contributed by atoms with van der Waals surface area (Å²) in [6.45, 7) is 2.40. The minimum absolute atomic E-state index is 0.120. The molecule has 0 spiro atoms. The first-order valence-electron chi connectivity index (χ1n) is 4.46. The minimum Gasteiger partial charge on any atom is -0.459 e. The SMILES string of the molecule is CCCCOC(=O)c1nnc(NC)o1. The Morgan fingerprint density at radius 1 is 1.57 bits per heavy atom. The van der Waals surface area contributed by atoms with Gasteiger partial charge in [0.25, 0.3) is 0 Å². The number of nitrogens with zero attached hydrogens (tertiary/aromatic N) is 2. The number of hydrogen-bond acceptors (Lipinski definition) is 6. The van der Waals surface area contributed by atoms with Gasteiger partial charge < -0.3 is 14.5 Å². The van der Waals surface area contributed by atoms with Crippen LogP contribution in [-0.2, 0) is 4.74 Å². The van der Waals surface area contributed by atoms with Gasteiger partial charge in [-0.1, -0.05) is 23.5 Å². The van der Waals surface area contributed by atoms with E-state index < -0.39 is 5.97 Å². The summed E-state index contributed by atoms with van der Waals surface area (Å²) >= 11 is 0. The molecule has 0 atom stereocenters. The van der Waals surface area contributed by atoms with Crippen LogP contribution in [0.15, 0.2) is 4.42 Å². The van der Waals surface area contributed by atoms with E-state index in [1.807, 2.05) is 6.92 Å². The highest BCUT2D eigenvalue weighted by atomic mass is 16.5. The molecule has 0 saturated carbocycles. The second-order valence-electron chi connectivity index (χ2n) is 2.65. The van der Waals surface area contributed by atoms with E-state index in [0.29, 0.717) is 6.61 Å². The van der Waals surface area contributed by atoms with E-state index in [1.165, 1.54) is 0 Å². The van der Waals surface area contributed by atoms with Gasteiger partial charge in [0.15, 0.2) is 0 Å². The molecule has 0 saturated heterocycles. The monoisotopic (exact) mass is 199 g/mol. The van der Waals surface area contributed by atoms with Crippen molar-refractivity contribution in [1.29, 1.82) is 0 Å². The van der Waals surface area contributed by atoms with E-state index in [2.05, 4.69) is 15.5 Å². The van der Waals surface area contributed by atoms with Crippen molar-refractivity contribution < 1.29 is 13.9 Å². The summed E-state index contributed by atoms with van der Waals surface area (Å²) in [5.41, 5.74) is 0. The molecule has 1 aromatic heterocycles. The van der Waals surface area contributed by atoms with E-state index in [1.54, 1.807) is 7.05 Å². The zero-order valence-corrected chi connectivity index (χ0v) is 8.24. The van der Waals surface area contributed by atoms with Gasteiger partial charge in [-0.15, -0.1) is 0 Å². The van der Waals surface area contributed by atoms with Crippen LogP contribution in [0.25, 0.3) is 0 Å². The molecule has 0 bridgehead atoms. The van der Waals surface area contributed by atoms with Gasteiger partial charge in [0.1, 0.15) is 0 Å². The molecule has 0 amide bonds. The van der Waals surface area contributed by atoms with Crippen molar-refractivity contribution in [1.82, 2.24) is 10.2 Å². The van der Waals surface area contributed by atoms with Crippen LogP contribution < -0.4 is 5.32 Å². The first-order chi connectivity index (χ1) is 6.77. The van der Waals surface area contributed by atoms with Gasteiger partial charge >= 0.3 is 17.9 Å². The molecular weight excluding hydrogens is 186 g/mol. The van der Waals surface area contributed by atoms with E-state index in [4.69, 9.17) is 9.15 Å². The van der Waals surface area contributed by atoms with Gasteiger partial charge in [0.05, 0.1) is 6.61 Å². The topological polar surface area (TPSA) is 77.2 Å². The van der Waals surface area contributed by atoms with Crippen molar-refractivity contribution >= 4 is 12.0 Å². The van der Waals surface area contributed by atoms with Crippen LogP contribution in [0.3, 0.4) is 0 Å². The first-order valence-corrected chi connectivity index (χ1v) is 4.46. The van der Waals surface area contributed by atoms with Crippen molar-refractivity contribution in [2.24, 2.45) is 0 Å². The predicted octanol–water partition coefficient (Wildman–Crippen LogP) is 1.07. The van der Waals surface area contributed by atoms with Crippen LogP contribution >= 0.6 is 0 Å². The maximum absolute atomic E-state index is 11.2. The third kappa shape index (κ3) is 2.72. The van der Waals surface area contributed by atoms with Gasteiger partial charge in [-0.3, -0.25) is 0 Å². The van der Waals surface area contributed by atoms with Crippen molar-refractivity contribution in [2.45, 2.75) is 19.8 Å². The molecule has 1 aromatic rings. The van der Waals surface area contributed by atoms with Crippen LogP contribution in [0.4, 0.5) is 6.01 Å². The Hall–Kier alpha value is -1.59. The molecule has 0 aliphatic carbocycles. The Morgan fingerprint density at radius 2 is 2.36 bits per heavy atom. The Kier molecular flexibility index (Phi) is 3.90. The van der Waals surface area contributed by atoms with Gasteiger partial charge in [0, 0.05) is 7.05 Å². The molecule has 1 heterocycles. The Morgan fingerprint density at radius 3 is 2.93 bits per heavy atom. The van der Waals surface area contributed by atoms with Gasteiger partial charge in [-0.2, -0.15) is 0 Å². The zero-order chi connectivity index (χ0) is 10.4. The Balaban J connectivity index is 2.44. The van der Waals surface area contributed by atoms with E-state index in [9.17, 15) is 4.79 Å². The van der Waals surface area contributed by atoms with Crippen molar-refractivity contribution in [3.63, 3.8) is 0 Å². The molecule has 0 aliphatic heterocycles. The third-order valence-corrected chi connectivity index (χ3v) is 1.54. The lowest BCUT2D eigenvalue weighted by Crippen LogP contribution is -2.06. The highest BCUT2D eigenvalue weighted by molar-refractivity contribution is 5.84. The van der Waals surface area contributed by atoms with Crippen molar-refractivity contribution in [3.05, 3.63) is 5.89 Å². The number of ether oxygens (including phenoxy) is 1. The molecule has 6 heteroatoms. The highest BCUT2D eigenvalue weighted by Crippen LogP contribution is 2.05. The number of rotatable bonds is 5. The summed E-state index contributed by atoms with van der Waals surface area (Å²) in [5.74, 6) is -0.696. The fourth-order valence-corrected chi connectivity index (χ4v) is 0.778. The molecule has 0 fully saturated rings. The molecule has 6 nitrogen and oxygen atoms in total. The average molecular weight is 199 g/mol.